The van der Waals surface area contributed by atoms with Gasteiger partial charge < -0.3 is 19.5 Å². The fraction of sp³-hybridized carbons (Fsp3) is 0.107. The number of methoxy groups -OCH3 is 2. The Kier molecular flexibility index (Phi) is 7.07. The molecule has 7 nitrogen and oxygen atoms in total. The molecule has 0 bridgehead atoms. The van der Waals surface area contributed by atoms with Gasteiger partial charge in [0.1, 0.15) is 0 Å². The fourth-order valence-electron chi connectivity index (χ4n) is 3.74. The number of hydrogen-bond donors (Lipinski definition) is 1. The van der Waals surface area contributed by atoms with E-state index in [0.29, 0.717) is 22.7 Å². The van der Waals surface area contributed by atoms with Gasteiger partial charge in [0.25, 0.3) is 0 Å². The van der Waals surface area contributed by atoms with E-state index in [4.69, 9.17) is 14.2 Å². The average molecular weight is 469 g/mol. The molecule has 4 aromatic rings. The van der Waals surface area contributed by atoms with Crippen molar-refractivity contribution in [2.45, 2.75) is 6.92 Å². The molecule has 3 aromatic carbocycles. The van der Waals surface area contributed by atoms with Crippen LogP contribution in [0.4, 0.5) is 5.69 Å². The van der Waals surface area contributed by atoms with Crippen LogP contribution in [0.1, 0.15) is 12.5 Å². The first-order valence-electron chi connectivity index (χ1n) is 10.9. The fourth-order valence-corrected chi connectivity index (χ4v) is 3.74. The number of ether oxygens (including phenoxy) is 3. The van der Waals surface area contributed by atoms with E-state index in [1.807, 2.05) is 54.6 Å². The standard InChI is InChI=1S/C28H24N2O5/c1-18(31)35-28-24(33-2)15-19(16-25(28)34-3)13-14-26(32)30-23-17-29-22-12-8-7-11-21(22)27(23)20-9-5-4-6-10-20/h4-17H,1-3H3,(H,30,32)/b14-13+. The van der Waals surface area contributed by atoms with Gasteiger partial charge in [-0.3, -0.25) is 14.6 Å². The van der Waals surface area contributed by atoms with Crippen molar-refractivity contribution in [3.05, 3.63) is 84.6 Å². The molecule has 0 radical (unpaired) electrons. The second-order valence-electron chi connectivity index (χ2n) is 7.60. The van der Waals surface area contributed by atoms with Crippen LogP contribution in [0.5, 0.6) is 17.2 Å². The van der Waals surface area contributed by atoms with Crippen LogP contribution in [0.25, 0.3) is 28.1 Å². The first-order valence-corrected chi connectivity index (χ1v) is 10.9. The Hall–Kier alpha value is -4.65. The number of hydrogen-bond acceptors (Lipinski definition) is 6. The summed E-state index contributed by atoms with van der Waals surface area (Å²) in [6.07, 6.45) is 4.69. The SMILES string of the molecule is COc1cc(/C=C/C(=O)Nc2cnc3ccccc3c2-c2ccccc2)cc(OC)c1OC(C)=O. The first-order chi connectivity index (χ1) is 17.0. The minimum atomic E-state index is -0.498. The van der Waals surface area contributed by atoms with E-state index in [1.165, 1.54) is 27.2 Å². The third-order valence-electron chi connectivity index (χ3n) is 5.25. The summed E-state index contributed by atoms with van der Waals surface area (Å²) in [5.74, 6) is -0.0306. The van der Waals surface area contributed by atoms with E-state index in [9.17, 15) is 9.59 Å². The van der Waals surface area contributed by atoms with Crippen molar-refractivity contribution in [2.24, 2.45) is 0 Å². The maximum Gasteiger partial charge on any atom is 0.308 e. The Balaban J connectivity index is 1.65. The van der Waals surface area contributed by atoms with Crippen molar-refractivity contribution < 1.29 is 23.8 Å². The molecule has 4 rings (SSSR count). The zero-order valence-electron chi connectivity index (χ0n) is 19.6. The molecule has 0 saturated carbocycles. The summed E-state index contributed by atoms with van der Waals surface area (Å²) in [7, 11) is 2.92. The minimum Gasteiger partial charge on any atom is -0.493 e. The van der Waals surface area contributed by atoms with Gasteiger partial charge in [-0.05, 0) is 35.4 Å². The summed E-state index contributed by atoms with van der Waals surface area (Å²) >= 11 is 0. The van der Waals surface area contributed by atoms with Gasteiger partial charge in [-0.1, -0.05) is 48.5 Å². The van der Waals surface area contributed by atoms with E-state index in [1.54, 1.807) is 24.4 Å². The van der Waals surface area contributed by atoms with Crippen LogP contribution in [0.2, 0.25) is 0 Å². The number of fused-ring (bicyclic) bond motifs is 1. The van der Waals surface area contributed by atoms with E-state index >= 15 is 0 Å². The summed E-state index contributed by atoms with van der Waals surface area (Å²) in [6, 6.07) is 21.0. The normalized spacial score (nSPS) is 10.8. The summed E-state index contributed by atoms with van der Waals surface area (Å²) in [5, 5.41) is 3.89. The minimum absolute atomic E-state index is 0.179. The van der Waals surface area contributed by atoms with Gasteiger partial charge in [0.15, 0.2) is 11.5 Å². The van der Waals surface area contributed by atoms with Crippen LogP contribution in [0.3, 0.4) is 0 Å². The molecule has 176 valence electrons. The number of pyridine rings is 1. The number of aromatic nitrogens is 1. The monoisotopic (exact) mass is 468 g/mol. The second-order valence-corrected chi connectivity index (χ2v) is 7.60. The van der Waals surface area contributed by atoms with Crippen molar-refractivity contribution in [1.82, 2.24) is 4.98 Å². The predicted octanol–water partition coefficient (Wildman–Crippen LogP) is 5.50. The lowest BCUT2D eigenvalue weighted by atomic mass is 9.99. The Morgan fingerprint density at radius 3 is 2.23 bits per heavy atom. The first kappa shape index (κ1) is 23.5. The lowest BCUT2D eigenvalue weighted by Gasteiger charge is -2.14. The number of nitrogens with zero attached hydrogens (tertiary/aromatic N) is 1. The van der Waals surface area contributed by atoms with Crippen LogP contribution < -0.4 is 19.5 Å². The number of para-hydroxylation sites is 1. The van der Waals surface area contributed by atoms with Crippen LogP contribution in [0, 0.1) is 0 Å². The van der Waals surface area contributed by atoms with Crippen LogP contribution in [-0.2, 0) is 9.59 Å². The van der Waals surface area contributed by atoms with Crippen molar-refractivity contribution in [3.63, 3.8) is 0 Å². The molecule has 1 aromatic heterocycles. The van der Waals surface area contributed by atoms with Crippen molar-refractivity contribution in [3.8, 4) is 28.4 Å². The topological polar surface area (TPSA) is 86.8 Å². The lowest BCUT2D eigenvalue weighted by molar-refractivity contribution is -0.132. The van der Waals surface area contributed by atoms with Gasteiger partial charge in [0.05, 0.1) is 31.6 Å². The molecule has 1 N–H and O–H groups in total. The molecular formula is C28H24N2O5. The highest BCUT2D eigenvalue weighted by molar-refractivity contribution is 6.08. The molecule has 0 aliphatic carbocycles. The highest BCUT2D eigenvalue weighted by atomic mass is 16.6. The molecule has 0 atom stereocenters. The molecule has 7 heteroatoms. The number of nitrogens with one attached hydrogen (secondary N) is 1. The lowest BCUT2D eigenvalue weighted by Crippen LogP contribution is -2.09. The number of esters is 1. The number of anilines is 1. The molecule has 35 heavy (non-hydrogen) atoms. The average Bonchev–Trinajstić information content (AvgIpc) is 2.88. The molecule has 0 aliphatic rings. The van der Waals surface area contributed by atoms with Crippen LogP contribution in [-0.4, -0.2) is 31.1 Å². The third-order valence-corrected chi connectivity index (χ3v) is 5.25. The van der Waals surface area contributed by atoms with Gasteiger partial charge in [0, 0.05) is 23.9 Å². The van der Waals surface area contributed by atoms with E-state index < -0.39 is 5.97 Å². The van der Waals surface area contributed by atoms with Gasteiger partial charge >= 0.3 is 5.97 Å². The van der Waals surface area contributed by atoms with E-state index in [-0.39, 0.29) is 11.7 Å². The Morgan fingerprint density at radius 2 is 1.57 bits per heavy atom. The van der Waals surface area contributed by atoms with Crippen molar-refractivity contribution in [2.75, 3.05) is 19.5 Å². The number of rotatable bonds is 7. The Labute approximate surface area is 203 Å². The van der Waals surface area contributed by atoms with Crippen molar-refractivity contribution >= 4 is 34.5 Å². The molecule has 0 aliphatic heterocycles. The summed E-state index contributed by atoms with van der Waals surface area (Å²) in [4.78, 5) is 28.8. The molecule has 0 fully saturated rings. The quantitative estimate of drug-likeness (QED) is 0.219. The number of carbonyl (C=O) groups is 2. The molecule has 1 amide bonds. The second kappa shape index (κ2) is 10.5. The maximum absolute atomic E-state index is 12.9. The highest BCUT2D eigenvalue weighted by Gasteiger charge is 2.16. The van der Waals surface area contributed by atoms with Gasteiger partial charge in [-0.25, -0.2) is 0 Å². The summed E-state index contributed by atoms with van der Waals surface area (Å²) in [6.45, 7) is 1.29. The van der Waals surface area contributed by atoms with Gasteiger partial charge in [0.2, 0.25) is 11.7 Å². The van der Waals surface area contributed by atoms with E-state index in [2.05, 4.69) is 10.3 Å². The predicted molar refractivity (Wildman–Crippen MR) is 136 cm³/mol. The highest BCUT2D eigenvalue weighted by Crippen LogP contribution is 2.39. The largest absolute Gasteiger partial charge is 0.493 e. The Bertz CT molecular complexity index is 1390. The van der Waals surface area contributed by atoms with Crippen molar-refractivity contribution in [1.29, 1.82) is 0 Å². The molecular weight excluding hydrogens is 444 g/mol. The zero-order chi connectivity index (χ0) is 24.8. The summed E-state index contributed by atoms with van der Waals surface area (Å²) < 4.78 is 15.9. The smallest absolute Gasteiger partial charge is 0.308 e. The Morgan fingerprint density at radius 1 is 0.914 bits per heavy atom. The molecule has 0 unspecified atom stereocenters. The number of benzene rings is 3. The number of carbonyl (C=O) groups excluding carboxylic acids is 2. The number of amides is 1. The van der Waals surface area contributed by atoms with E-state index in [0.717, 1.165) is 22.0 Å². The third kappa shape index (κ3) is 5.30. The van der Waals surface area contributed by atoms with Crippen LogP contribution >= 0.6 is 0 Å². The zero-order valence-corrected chi connectivity index (χ0v) is 19.6. The van der Waals surface area contributed by atoms with Crippen LogP contribution in [0.15, 0.2) is 79.0 Å². The van der Waals surface area contributed by atoms with Gasteiger partial charge in [-0.15, -0.1) is 0 Å². The summed E-state index contributed by atoms with van der Waals surface area (Å²) in [5.41, 5.74) is 3.94. The van der Waals surface area contributed by atoms with Gasteiger partial charge in [-0.2, -0.15) is 0 Å². The molecule has 1 heterocycles. The maximum atomic E-state index is 12.9. The molecule has 0 saturated heterocycles. The molecule has 0 spiro atoms.